The number of nitrogens with one attached hydrogen (secondary N) is 1. The van der Waals surface area contributed by atoms with E-state index in [2.05, 4.69) is 55.9 Å². The van der Waals surface area contributed by atoms with Gasteiger partial charge in [0.25, 0.3) is 0 Å². The van der Waals surface area contributed by atoms with Crippen molar-refractivity contribution < 1.29 is 0 Å². The highest BCUT2D eigenvalue weighted by atomic mass is 14.9. The number of hydrogen-bond acceptors (Lipinski definition) is 1. The maximum atomic E-state index is 4.64. The fourth-order valence-corrected chi connectivity index (χ4v) is 1.98. The number of aryl methyl sites for hydroxylation is 3. The van der Waals surface area contributed by atoms with Gasteiger partial charge in [-0.15, -0.1) is 0 Å². The molecule has 0 saturated carbocycles. The molecule has 0 bridgehead atoms. The Hall–Kier alpha value is -1.57. The first-order chi connectivity index (χ1) is 7.63. The number of nitrogens with zero attached hydrogens (tertiary/aromatic N) is 1. The number of H-pyrrole nitrogens is 1. The fourth-order valence-electron chi connectivity index (χ4n) is 1.98. The molecule has 16 heavy (non-hydrogen) atoms. The molecule has 1 heterocycles. The van der Waals surface area contributed by atoms with E-state index in [-0.39, 0.29) is 0 Å². The first kappa shape index (κ1) is 10.9. The summed E-state index contributed by atoms with van der Waals surface area (Å²) in [5.41, 5.74) is 6.17. The zero-order valence-electron chi connectivity index (χ0n) is 10.4. The fraction of sp³-hybridized carbons (Fsp3) is 0.357. The van der Waals surface area contributed by atoms with Crippen LogP contribution in [0.1, 0.15) is 29.4 Å². The maximum absolute atomic E-state index is 4.64. The molecule has 1 N–H and O–H groups in total. The predicted octanol–water partition coefficient (Wildman–Crippen LogP) is 3.56. The van der Waals surface area contributed by atoms with E-state index in [1.807, 2.05) is 0 Å². The third kappa shape index (κ3) is 1.75. The lowest BCUT2D eigenvalue weighted by Gasteiger charge is -2.05. The van der Waals surface area contributed by atoms with Gasteiger partial charge in [-0.2, -0.15) is 0 Å². The average molecular weight is 214 g/mol. The van der Waals surface area contributed by atoms with Gasteiger partial charge in [-0.3, -0.25) is 0 Å². The smallest absolute Gasteiger partial charge is 0.138 e. The summed E-state index contributed by atoms with van der Waals surface area (Å²) in [6.45, 7) is 8.50. The van der Waals surface area contributed by atoms with Crippen LogP contribution in [-0.2, 0) is 6.42 Å². The second-order valence-corrected chi connectivity index (χ2v) is 4.26. The number of benzene rings is 1. The Labute approximate surface area is 96.7 Å². The molecule has 0 unspecified atom stereocenters. The van der Waals surface area contributed by atoms with E-state index in [1.165, 1.54) is 22.4 Å². The Morgan fingerprint density at radius 2 is 1.94 bits per heavy atom. The molecule has 2 aromatic rings. The Kier molecular flexibility index (Phi) is 2.82. The van der Waals surface area contributed by atoms with Crippen molar-refractivity contribution in [3.8, 4) is 11.4 Å². The standard InChI is InChI=1S/C14H18N2/c1-5-13-11(4)15-14(16-13)12-8-6-7-9(2)10(12)3/h6-8H,5H2,1-4H3,(H,15,16). The van der Waals surface area contributed by atoms with Crippen LogP contribution in [0.15, 0.2) is 18.2 Å². The highest BCUT2D eigenvalue weighted by Gasteiger charge is 2.09. The summed E-state index contributed by atoms with van der Waals surface area (Å²) in [6.07, 6.45) is 0.979. The highest BCUT2D eigenvalue weighted by Crippen LogP contribution is 2.24. The van der Waals surface area contributed by atoms with Gasteiger partial charge in [-0.25, -0.2) is 4.98 Å². The largest absolute Gasteiger partial charge is 0.342 e. The number of rotatable bonds is 2. The lowest BCUT2D eigenvalue weighted by Crippen LogP contribution is -1.88. The molecule has 0 saturated heterocycles. The van der Waals surface area contributed by atoms with Gasteiger partial charge in [-0.1, -0.05) is 25.1 Å². The van der Waals surface area contributed by atoms with Crippen molar-refractivity contribution in [1.82, 2.24) is 9.97 Å². The Balaban J connectivity index is 2.54. The second kappa shape index (κ2) is 4.12. The van der Waals surface area contributed by atoms with E-state index in [1.54, 1.807) is 0 Å². The number of aromatic nitrogens is 2. The van der Waals surface area contributed by atoms with Gasteiger partial charge in [0.15, 0.2) is 0 Å². The van der Waals surface area contributed by atoms with Crippen molar-refractivity contribution in [2.75, 3.05) is 0 Å². The molecule has 0 aliphatic heterocycles. The van der Waals surface area contributed by atoms with Crippen LogP contribution in [0.5, 0.6) is 0 Å². The van der Waals surface area contributed by atoms with E-state index in [0.717, 1.165) is 17.9 Å². The van der Waals surface area contributed by atoms with Crippen LogP contribution in [-0.4, -0.2) is 9.97 Å². The monoisotopic (exact) mass is 214 g/mol. The SMILES string of the molecule is CCc1nc(-c2cccc(C)c2C)[nH]c1C. The van der Waals surface area contributed by atoms with Crippen molar-refractivity contribution in [2.24, 2.45) is 0 Å². The minimum Gasteiger partial charge on any atom is -0.342 e. The van der Waals surface area contributed by atoms with Crippen molar-refractivity contribution in [1.29, 1.82) is 0 Å². The molecule has 2 rings (SSSR count). The third-order valence-electron chi connectivity index (χ3n) is 3.18. The predicted molar refractivity (Wildman–Crippen MR) is 67.6 cm³/mol. The first-order valence-electron chi connectivity index (χ1n) is 5.75. The Morgan fingerprint density at radius 3 is 2.56 bits per heavy atom. The van der Waals surface area contributed by atoms with Crippen LogP contribution in [0.2, 0.25) is 0 Å². The van der Waals surface area contributed by atoms with Crippen molar-refractivity contribution >= 4 is 0 Å². The molecule has 2 nitrogen and oxygen atoms in total. The molecule has 1 aromatic carbocycles. The van der Waals surface area contributed by atoms with Crippen LogP contribution in [0, 0.1) is 20.8 Å². The second-order valence-electron chi connectivity index (χ2n) is 4.26. The Bertz CT molecular complexity index is 509. The summed E-state index contributed by atoms with van der Waals surface area (Å²) >= 11 is 0. The van der Waals surface area contributed by atoms with Gasteiger partial charge in [0, 0.05) is 11.3 Å². The lowest BCUT2D eigenvalue weighted by molar-refractivity contribution is 1.04. The summed E-state index contributed by atoms with van der Waals surface area (Å²) in [5.74, 6) is 0.996. The van der Waals surface area contributed by atoms with Crippen molar-refractivity contribution in [2.45, 2.75) is 34.1 Å². The average Bonchev–Trinajstić information content (AvgIpc) is 2.63. The minimum absolute atomic E-state index is 0.979. The van der Waals surface area contributed by atoms with Crippen LogP contribution in [0.3, 0.4) is 0 Å². The quantitative estimate of drug-likeness (QED) is 0.813. The first-order valence-corrected chi connectivity index (χ1v) is 5.75. The number of aromatic amines is 1. The third-order valence-corrected chi connectivity index (χ3v) is 3.18. The molecule has 1 aromatic heterocycles. The summed E-state index contributed by atoms with van der Waals surface area (Å²) < 4.78 is 0. The van der Waals surface area contributed by atoms with Crippen LogP contribution < -0.4 is 0 Å². The van der Waals surface area contributed by atoms with E-state index in [4.69, 9.17) is 0 Å². The molecule has 0 aliphatic carbocycles. The summed E-state index contributed by atoms with van der Waals surface area (Å²) in [5, 5.41) is 0. The van der Waals surface area contributed by atoms with E-state index < -0.39 is 0 Å². The van der Waals surface area contributed by atoms with Gasteiger partial charge in [0.2, 0.25) is 0 Å². The summed E-state index contributed by atoms with van der Waals surface area (Å²) in [4.78, 5) is 8.01. The van der Waals surface area contributed by atoms with Gasteiger partial charge in [-0.05, 0) is 38.3 Å². The van der Waals surface area contributed by atoms with Gasteiger partial charge in [0.1, 0.15) is 5.82 Å². The van der Waals surface area contributed by atoms with Crippen LogP contribution >= 0.6 is 0 Å². The van der Waals surface area contributed by atoms with Crippen LogP contribution in [0.4, 0.5) is 0 Å². The van der Waals surface area contributed by atoms with Gasteiger partial charge in [0.05, 0.1) is 5.69 Å². The molecule has 0 atom stereocenters. The summed E-state index contributed by atoms with van der Waals surface area (Å²) in [6, 6.07) is 6.34. The zero-order chi connectivity index (χ0) is 11.7. The number of imidazole rings is 1. The zero-order valence-corrected chi connectivity index (χ0v) is 10.4. The van der Waals surface area contributed by atoms with Gasteiger partial charge < -0.3 is 4.98 Å². The maximum Gasteiger partial charge on any atom is 0.138 e. The molecule has 84 valence electrons. The molecular weight excluding hydrogens is 196 g/mol. The lowest BCUT2D eigenvalue weighted by atomic mass is 10.0. The molecule has 0 spiro atoms. The Morgan fingerprint density at radius 1 is 1.19 bits per heavy atom. The van der Waals surface area contributed by atoms with Gasteiger partial charge >= 0.3 is 0 Å². The topological polar surface area (TPSA) is 28.7 Å². The highest BCUT2D eigenvalue weighted by molar-refractivity contribution is 5.62. The molecule has 0 amide bonds. The van der Waals surface area contributed by atoms with E-state index in [9.17, 15) is 0 Å². The van der Waals surface area contributed by atoms with Crippen molar-refractivity contribution in [3.05, 3.63) is 40.7 Å². The molecular formula is C14H18N2. The van der Waals surface area contributed by atoms with E-state index >= 15 is 0 Å². The summed E-state index contributed by atoms with van der Waals surface area (Å²) in [7, 11) is 0. The molecule has 0 aliphatic rings. The van der Waals surface area contributed by atoms with Crippen molar-refractivity contribution in [3.63, 3.8) is 0 Å². The number of hydrogen-bond donors (Lipinski definition) is 1. The van der Waals surface area contributed by atoms with Crippen LogP contribution in [0.25, 0.3) is 11.4 Å². The van der Waals surface area contributed by atoms with E-state index in [0.29, 0.717) is 0 Å². The molecule has 0 radical (unpaired) electrons. The molecule has 2 heteroatoms. The normalized spacial score (nSPS) is 10.8. The minimum atomic E-state index is 0.979. The molecule has 0 fully saturated rings.